The first-order valence-electron chi connectivity index (χ1n) is 8.82. The van der Waals surface area contributed by atoms with E-state index in [1.165, 1.54) is 0 Å². The summed E-state index contributed by atoms with van der Waals surface area (Å²) in [6, 6.07) is 5.84. The monoisotopic (exact) mass is 337 g/mol. The number of pyridine rings is 1. The predicted molar refractivity (Wildman–Crippen MR) is 95.0 cm³/mol. The number of likely N-dealkylation sites (tertiary alicyclic amines) is 1. The number of amides is 1. The third-order valence-corrected chi connectivity index (χ3v) is 5.38. The summed E-state index contributed by atoms with van der Waals surface area (Å²) in [6.45, 7) is 6.95. The van der Waals surface area contributed by atoms with Crippen LogP contribution < -0.4 is 4.90 Å². The van der Waals surface area contributed by atoms with Crippen molar-refractivity contribution in [3.63, 3.8) is 0 Å². The van der Waals surface area contributed by atoms with Gasteiger partial charge in [-0.15, -0.1) is 0 Å². The van der Waals surface area contributed by atoms with Crippen LogP contribution in [0, 0.1) is 19.3 Å². The average molecular weight is 337 g/mol. The van der Waals surface area contributed by atoms with Crippen LogP contribution in [0.2, 0.25) is 0 Å². The lowest BCUT2D eigenvalue weighted by molar-refractivity contribution is -0.135. The van der Waals surface area contributed by atoms with Crippen LogP contribution in [-0.4, -0.2) is 45.4 Å². The van der Waals surface area contributed by atoms with E-state index in [4.69, 9.17) is 0 Å². The SMILES string of the molecule is Cc1cnc(C)c(N2CCC3(CCN(Cc4ccccn4)C3=O)C2)n1. The van der Waals surface area contributed by atoms with Crippen LogP contribution in [0.1, 0.15) is 29.9 Å². The molecule has 0 saturated carbocycles. The lowest BCUT2D eigenvalue weighted by Crippen LogP contribution is -2.37. The number of anilines is 1. The van der Waals surface area contributed by atoms with E-state index in [-0.39, 0.29) is 11.3 Å². The summed E-state index contributed by atoms with van der Waals surface area (Å²) in [6.07, 6.45) is 5.37. The molecular formula is C19H23N5O. The summed E-state index contributed by atoms with van der Waals surface area (Å²) in [5.74, 6) is 1.19. The van der Waals surface area contributed by atoms with Crippen molar-refractivity contribution >= 4 is 11.7 Å². The van der Waals surface area contributed by atoms with E-state index in [0.29, 0.717) is 6.54 Å². The van der Waals surface area contributed by atoms with E-state index in [9.17, 15) is 4.79 Å². The number of aromatic nitrogens is 3. The van der Waals surface area contributed by atoms with Crippen LogP contribution in [0.25, 0.3) is 0 Å². The molecule has 4 rings (SSSR count). The van der Waals surface area contributed by atoms with E-state index in [2.05, 4.69) is 19.9 Å². The highest BCUT2D eigenvalue weighted by atomic mass is 16.2. The van der Waals surface area contributed by atoms with Crippen LogP contribution in [0.3, 0.4) is 0 Å². The molecule has 130 valence electrons. The highest BCUT2D eigenvalue weighted by Crippen LogP contribution is 2.42. The van der Waals surface area contributed by atoms with Gasteiger partial charge in [0, 0.05) is 32.0 Å². The molecule has 1 amide bonds. The predicted octanol–water partition coefficient (Wildman–Crippen LogP) is 2.12. The maximum absolute atomic E-state index is 13.1. The lowest BCUT2D eigenvalue weighted by atomic mass is 9.85. The number of carbonyl (C=O) groups is 1. The van der Waals surface area contributed by atoms with Crippen LogP contribution in [-0.2, 0) is 11.3 Å². The highest BCUT2D eigenvalue weighted by molar-refractivity contribution is 5.86. The summed E-state index contributed by atoms with van der Waals surface area (Å²) >= 11 is 0. The van der Waals surface area contributed by atoms with Crippen LogP contribution in [0.4, 0.5) is 5.82 Å². The Morgan fingerprint density at radius 3 is 2.80 bits per heavy atom. The first-order chi connectivity index (χ1) is 12.1. The Kier molecular flexibility index (Phi) is 3.90. The fourth-order valence-corrected chi connectivity index (χ4v) is 3.99. The molecule has 0 aliphatic carbocycles. The first kappa shape index (κ1) is 16.0. The molecule has 2 aromatic rings. The molecule has 2 aliphatic rings. The second-order valence-corrected chi connectivity index (χ2v) is 7.17. The van der Waals surface area contributed by atoms with E-state index in [1.807, 2.05) is 36.9 Å². The Balaban J connectivity index is 1.50. The topological polar surface area (TPSA) is 62.2 Å². The smallest absolute Gasteiger partial charge is 0.231 e. The third-order valence-electron chi connectivity index (χ3n) is 5.38. The maximum Gasteiger partial charge on any atom is 0.231 e. The van der Waals surface area contributed by atoms with Crippen LogP contribution >= 0.6 is 0 Å². The lowest BCUT2D eigenvalue weighted by Gasteiger charge is -2.24. The van der Waals surface area contributed by atoms with Gasteiger partial charge >= 0.3 is 0 Å². The van der Waals surface area contributed by atoms with Gasteiger partial charge < -0.3 is 9.80 Å². The minimum atomic E-state index is -0.271. The number of hydrogen-bond acceptors (Lipinski definition) is 5. The molecule has 6 nitrogen and oxygen atoms in total. The minimum Gasteiger partial charge on any atom is -0.354 e. The molecule has 1 spiro atoms. The second-order valence-electron chi connectivity index (χ2n) is 7.17. The van der Waals surface area contributed by atoms with Gasteiger partial charge in [0.2, 0.25) is 5.91 Å². The molecule has 6 heteroatoms. The van der Waals surface area contributed by atoms with Gasteiger partial charge in [0.25, 0.3) is 0 Å². The van der Waals surface area contributed by atoms with Crippen molar-refractivity contribution in [2.45, 2.75) is 33.2 Å². The maximum atomic E-state index is 13.1. The van der Waals surface area contributed by atoms with Gasteiger partial charge in [-0.25, -0.2) is 4.98 Å². The van der Waals surface area contributed by atoms with Gasteiger partial charge in [0.15, 0.2) is 0 Å². The van der Waals surface area contributed by atoms with Crippen LogP contribution in [0.5, 0.6) is 0 Å². The minimum absolute atomic E-state index is 0.263. The molecule has 1 unspecified atom stereocenters. The zero-order valence-electron chi connectivity index (χ0n) is 14.8. The number of rotatable bonds is 3. The van der Waals surface area contributed by atoms with Crippen LogP contribution in [0.15, 0.2) is 30.6 Å². The molecule has 0 bridgehead atoms. The molecular weight excluding hydrogens is 314 g/mol. The third kappa shape index (κ3) is 2.86. The van der Waals surface area contributed by atoms with E-state index in [0.717, 1.165) is 55.4 Å². The highest BCUT2D eigenvalue weighted by Gasteiger charge is 2.51. The van der Waals surface area contributed by atoms with E-state index < -0.39 is 0 Å². The van der Waals surface area contributed by atoms with Gasteiger partial charge in [-0.1, -0.05) is 6.07 Å². The fraction of sp³-hybridized carbons (Fsp3) is 0.474. The zero-order chi connectivity index (χ0) is 17.4. The Morgan fingerprint density at radius 1 is 1.16 bits per heavy atom. The number of nitrogens with zero attached hydrogens (tertiary/aromatic N) is 5. The molecule has 4 heterocycles. The molecule has 25 heavy (non-hydrogen) atoms. The van der Waals surface area contributed by atoms with Gasteiger partial charge in [-0.05, 0) is 38.8 Å². The van der Waals surface area contributed by atoms with Crippen molar-refractivity contribution in [2.75, 3.05) is 24.5 Å². The van der Waals surface area contributed by atoms with E-state index >= 15 is 0 Å². The first-order valence-corrected chi connectivity index (χ1v) is 8.82. The molecule has 1 atom stereocenters. The number of carbonyl (C=O) groups excluding carboxylic acids is 1. The molecule has 2 aromatic heterocycles. The summed E-state index contributed by atoms with van der Waals surface area (Å²) in [7, 11) is 0. The second kappa shape index (κ2) is 6.10. The summed E-state index contributed by atoms with van der Waals surface area (Å²) in [5, 5.41) is 0. The summed E-state index contributed by atoms with van der Waals surface area (Å²) in [5.41, 5.74) is 2.52. The molecule has 2 fully saturated rings. The molecule has 2 saturated heterocycles. The number of aryl methyl sites for hydroxylation is 2. The van der Waals surface area contributed by atoms with Gasteiger partial charge in [-0.3, -0.25) is 14.8 Å². The summed E-state index contributed by atoms with van der Waals surface area (Å²) < 4.78 is 0. The van der Waals surface area contributed by atoms with Crippen molar-refractivity contribution < 1.29 is 4.79 Å². The van der Waals surface area contributed by atoms with Gasteiger partial charge in [0.05, 0.1) is 29.0 Å². The van der Waals surface area contributed by atoms with Crippen molar-refractivity contribution in [3.8, 4) is 0 Å². The Hall–Kier alpha value is -2.50. The average Bonchev–Trinajstić information content (AvgIpc) is 3.18. The normalized spacial score (nSPS) is 23.0. The quantitative estimate of drug-likeness (QED) is 0.858. The molecule has 0 radical (unpaired) electrons. The van der Waals surface area contributed by atoms with Crippen molar-refractivity contribution in [2.24, 2.45) is 5.41 Å². The summed E-state index contributed by atoms with van der Waals surface area (Å²) in [4.78, 5) is 30.7. The van der Waals surface area contributed by atoms with Crippen molar-refractivity contribution in [1.29, 1.82) is 0 Å². The zero-order valence-corrected chi connectivity index (χ0v) is 14.8. The van der Waals surface area contributed by atoms with Crippen molar-refractivity contribution in [1.82, 2.24) is 19.9 Å². The van der Waals surface area contributed by atoms with E-state index in [1.54, 1.807) is 12.4 Å². The van der Waals surface area contributed by atoms with Gasteiger partial charge in [0.1, 0.15) is 5.82 Å². The van der Waals surface area contributed by atoms with Crippen molar-refractivity contribution in [3.05, 3.63) is 47.7 Å². The number of hydrogen-bond donors (Lipinski definition) is 0. The molecule has 2 aliphatic heterocycles. The Morgan fingerprint density at radius 2 is 2.00 bits per heavy atom. The standard InChI is InChI=1S/C19H23N5O/c1-14-11-21-15(2)17(22-14)24-10-7-19(13-24)6-9-23(18(19)25)12-16-5-3-4-8-20-16/h3-5,8,11H,6-7,9-10,12-13H2,1-2H3. The molecule has 0 aromatic carbocycles. The Labute approximate surface area is 147 Å². The largest absolute Gasteiger partial charge is 0.354 e. The fourth-order valence-electron chi connectivity index (χ4n) is 3.99. The van der Waals surface area contributed by atoms with Gasteiger partial charge in [-0.2, -0.15) is 0 Å². The Bertz CT molecular complexity index is 794. The molecule has 0 N–H and O–H groups in total.